The summed E-state index contributed by atoms with van der Waals surface area (Å²) in [7, 11) is 0. The number of nitrogens with two attached hydrogens (primary N) is 1. The van der Waals surface area contributed by atoms with Crippen molar-refractivity contribution in [3.05, 3.63) is 0 Å². The monoisotopic (exact) mass is 269 g/mol. The summed E-state index contributed by atoms with van der Waals surface area (Å²) in [4.78, 5) is 25.3. The molecule has 0 spiro atoms. The molecule has 0 radical (unpaired) electrons. The lowest BCUT2D eigenvalue weighted by molar-refractivity contribution is -0.132. The molecule has 5 nitrogen and oxygen atoms in total. The van der Waals surface area contributed by atoms with Gasteiger partial charge in [0.15, 0.2) is 0 Å². The lowest BCUT2D eigenvalue weighted by atomic mass is 9.84. The third-order valence-corrected chi connectivity index (χ3v) is 3.85. The molecular weight excluding hydrogens is 242 g/mol. The molecule has 0 aromatic rings. The lowest BCUT2D eigenvalue weighted by Crippen LogP contribution is -2.40. The highest BCUT2D eigenvalue weighted by molar-refractivity contribution is 5.84. The number of nitrogens with zero attached hydrogens (tertiary/aromatic N) is 1. The van der Waals surface area contributed by atoms with Crippen molar-refractivity contribution in [3.8, 4) is 0 Å². The Labute approximate surface area is 115 Å². The number of carbonyl (C=O) groups is 2. The van der Waals surface area contributed by atoms with Gasteiger partial charge in [-0.05, 0) is 39.0 Å². The molecule has 0 aliphatic heterocycles. The zero-order valence-corrected chi connectivity index (χ0v) is 12.2. The predicted molar refractivity (Wildman–Crippen MR) is 75.5 cm³/mol. The predicted octanol–water partition coefficient (Wildman–Crippen LogP) is 0.879. The normalized spacial score (nSPS) is 22.9. The Morgan fingerprint density at radius 1 is 1.26 bits per heavy atom. The number of nitrogens with one attached hydrogen (secondary N) is 1. The molecule has 2 amide bonds. The topological polar surface area (TPSA) is 75.4 Å². The standard InChI is InChI=1S/C14H27N3O2/c1-3-17(4-2)14(19)10-16-13(18)9-11-6-5-7-12(15)8-11/h11-12H,3-10,15H2,1-2H3,(H,16,18). The van der Waals surface area contributed by atoms with Gasteiger partial charge in [-0.3, -0.25) is 9.59 Å². The summed E-state index contributed by atoms with van der Waals surface area (Å²) in [5.41, 5.74) is 5.91. The summed E-state index contributed by atoms with van der Waals surface area (Å²) in [6, 6.07) is 0.240. The van der Waals surface area contributed by atoms with Gasteiger partial charge in [-0.2, -0.15) is 0 Å². The summed E-state index contributed by atoms with van der Waals surface area (Å²) in [5, 5.41) is 2.72. The van der Waals surface area contributed by atoms with E-state index in [0.717, 1.165) is 25.7 Å². The minimum absolute atomic E-state index is 0.0151. The number of likely N-dealkylation sites (N-methyl/N-ethyl adjacent to an activating group) is 1. The molecule has 3 N–H and O–H groups in total. The molecule has 1 fully saturated rings. The number of hydrogen-bond acceptors (Lipinski definition) is 3. The first-order valence-corrected chi connectivity index (χ1v) is 7.36. The first-order chi connectivity index (χ1) is 9.06. The van der Waals surface area contributed by atoms with Crippen LogP contribution in [0.1, 0.15) is 46.0 Å². The van der Waals surface area contributed by atoms with E-state index in [2.05, 4.69) is 5.32 Å². The largest absolute Gasteiger partial charge is 0.347 e. The Kier molecular flexibility index (Phi) is 6.84. The van der Waals surface area contributed by atoms with E-state index >= 15 is 0 Å². The third kappa shape index (κ3) is 5.59. The second-order valence-corrected chi connectivity index (χ2v) is 5.34. The van der Waals surface area contributed by atoms with E-state index in [-0.39, 0.29) is 24.4 Å². The summed E-state index contributed by atoms with van der Waals surface area (Å²) < 4.78 is 0. The van der Waals surface area contributed by atoms with E-state index in [4.69, 9.17) is 5.73 Å². The molecule has 2 atom stereocenters. The average molecular weight is 269 g/mol. The van der Waals surface area contributed by atoms with Crippen LogP contribution in [0.15, 0.2) is 0 Å². The van der Waals surface area contributed by atoms with Gasteiger partial charge in [-0.1, -0.05) is 6.42 Å². The van der Waals surface area contributed by atoms with Gasteiger partial charge in [0.05, 0.1) is 6.54 Å². The first-order valence-electron chi connectivity index (χ1n) is 7.36. The van der Waals surface area contributed by atoms with E-state index in [1.807, 2.05) is 13.8 Å². The van der Waals surface area contributed by atoms with Gasteiger partial charge in [0.2, 0.25) is 11.8 Å². The van der Waals surface area contributed by atoms with Gasteiger partial charge in [-0.25, -0.2) is 0 Å². The maximum absolute atomic E-state index is 11.8. The van der Waals surface area contributed by atoms with Crippen LogP contribution in [0, 0.1) is 5.92 Å². The molecule has 110 valence electrons. The average Bonchev–Trinajstić information content (AvgIpc) is 2.38. The zero-order valence-electron chi connectivity index (χ0n) is 12.2. The molecule has 0 aromatic heterocycles. The van der Waals surface area contributed by atoms with Crippen LogP contribution >= 0.6 is 0 Å². The molecular formula is C14H27N3O2. The molecule has 0 aromatic carbocycles. The van der Waals surface area contributed by atoms with Crippen LogP contribution in [-0.4, -0.2) is 42.4 Å². The van der Waals surface area contributed by atoms with Crippen LogP contribution in [-0.2, 0) is 9.59 Å². The second-order valence-electron chi connectivity index (χ2n) is 5.34. The minimum atomic E-state index is -0.0281. The Morgan fingerprint density at radius 3 is 2.53 bits per heavy atom. The van der Waals surface area contributed by atoms with Crippen molar-refractivity contribution in [2.24, 2.45) is 11.7 Å². The highest BCUT2D eigenvalue weighted by atomic mass is 16.2. The van der Waals surface area contributed by atoms with Crippen molar-refractivity contribution in [3.63, 3.8) is 0 Å². The second kappa shape index (κ2) is 8.15. The van der Waals surface area contributed by atoms with E-state index in [1.54, 1.807) is 4.90 Å². The van der Waals surface area contributed by atoms with Crippen molar-refractivity contribution in [1.29, 1.82) is 0 Å². The van der Waals surface area contributed by atoms with Crippen LogP contribution < -0.4 is 11.1 Å². The van der Waals surface area contributed by atoms with E-state index in [0.29, 0.717) is 25.4 Å². The number of hydrogen-bond donors (Lipinski definition) is 2. The van der Waals surface area contributed by atoms with E-state index in [9.17, 15) is 9.59 Å². The fourth-order valence-corrected chi connectivity index (χ4v) is 2.71. The van der Waals surface area contributed by atoms with Crippen LogP contribution in [0.2, 0.25) is 0 Å². The quantitative estimate of drug-likeness (QED) is 0.751. The maximum atomic E-state index is 11.8. The molecule has 0 saturated heterocycles. The summed E-state index contributed by atoms with van der Waals surface area (Å²) >= 11 is 0. The van der Waals surface area contributed by atoms with Crippen LogP contribution in [0.4, 0.5) is 0 Å². The fourth-order valence-electron chi connectivity index (χ4n) is 2.71. The minimum Gasteiger partial charge on any atom is -0.347 e. The number of amides is 2. The van der Waals surface area contributed by atoms with Crippen molar-refractivity contribution in [2.45, 2.75) is 52.0 Å². The Balaban J connectivity index is 2.25. The van der Waals surface area contributed by atoms with Gasteiger partial charge in [-0.15, -0.1) is 0 Å². The summed E-state index contributed by atoms with van der Waals surface area (Å²) in [6.45, 7) is 5.35. The highest BCUT2D eigenvalue weighted by Crippen LogP contribution is 2.25. The molecule has 1 rings (SSSR count). The summed E-state index contributed by atoms with van der Waals surface area (Å²) in [5.74, 6) is 0.339. The lowest BCUT2D eigenvalue weighted by Gasteiger charge is -2.26. The SMILES string of the molecule is CCN(CC)C(=O)CNC(=O)CC1CCCC(N)C1. The smallest absolute Gasteiger partial charge is 0.241 e. The Hall–Kier alpha value is -1.10. The van der Waals surface area contributed by atoms with Gasteiger partial charge in [0.1, 0.15) is 0 Å². The van der Waals surface area contributed by atoms with Crippen molar-refractivity contribution >= 4 is 11.8 Å². The molecule has 0 bridgehead atoms. The maximum Gasteiger partial charge on any atom is 0.241 e. The Morgan fingerprint density at radius 2 is 1.95 bits per heavy atom. The molecule has 1 saturated carbocycles. The van der Waals surface area contributed by atoms with Crippen LogP contribution in [0.3, 0.4) is 0 Å². The first kappa shape index (κ1) is 16.0. The van der Waals surface area contributed by atoms with E-state index in [1.165, 1.54) is 0 Å². The van der Waals surface area contributed by atoms with Crippen LogP contribution in [0.5, 0.6) is 0 Å². The molecule has 2 unspecified atom stereocenters. The van der Waals surface area contributed by atoms with Crippen molar-refractivity contribution < 1.29 is 9.59 Å². The molecule has 1 aliphatic carbocycles. The molecule has 19 heavy (non-hydrogen) atoms. The highest BCUT2D eigenvalue weighted by Gasteiger charge is 2.22. The number of rotatable bonds is 6. The van der Waals surface area contributed by atoms with Gasteiger partial charge in [0.25, 0.3) is 0 Å². The van der Waals surface area contributed by atoms with Gasteiger partial charge >= 0.3 is 0 Å². The fraction of sp³-hybridized carbons (Fsp3) is 0.857. The van der Waals surface area contributed by atoms with Crippen molar-refractivity contribution in [2.75, 3.05) is 19.6 Å². The van der Waals surface area contributed by atoms with E-state index < -0.39 is 0 Å². The van der Waals surface area contributed by atoms with Crippen LogP contribution in [0.25, 0.3) is 0 Å². The molecule has 1 aliphatic rings. The Bertz CT molecular complexity index is 303. The van der Waals surface area contributed by atoms with Gasteiger partial charge < -0.3 is 16.0 Å². The number of carbonyl (C=O) groups excluding carboxylic acids is 2. The molecule has 5 heteroatoms. The van der Waals surface area contributed by atoms with Gasteiger partial charge in [0, 0.05) is 25.6 Å². The summed E-state index contributed by atoms with van der Waals surface area (Å²) in [6.07, 6.45) is 4.68. The molecule has 0 heterocycles. The van der Waals surface area contributed by atoms with Crippen molar-refractivity contribution in [1.82, 2.24) is 10.2 Å². The zero-order chi connectivity index (χ0) is 14.3. The third-order valence-electron chi connectivity index (χ3n) is 3.85.